The summed E-state index contributed by atoms with van der Waals surface area (Å²) in [6.45, 7) is 1.21. The van der Waals surface area contributed by atoms with Crippen molar-refractivity contribution < 1.29 is 4.79 Å². The van der Waals surface area contributed by atoms with Crippen LogP contribution in [0.25, 0.3) is 10.9 Å². The van der Waals surface area contributed by atoms with E-state index in [0.717, 1.165) is 34.1 Å². The van der Waals surface area contributed by atoms with E-state index in [-0.39, 0.29) is 5.91 Å². The van der Waals surface area contributed by atoms with Crippen LogP contribution in [0.15, 0.2) is 67.1 Å². The molecule has 0 atom stereocenters. The number of carbonyl (C=O) groups excluding carboxylic acids is 1. The lowest BCUT2D eigenvalue weighted by Gasteiger charge is -2.28. The Bertz CT molecular complexity index is 1170. The van der Waals surface area contributed by atoms with Crippen molar-refractivity contribution in [1.82, 2.24) is 14.8 Å². The Balaban J connectivity index is 1.42. The third-order valence-corrected chi connectivity index (χ3v) is 5.28. The Morgan fingerprint density at radius 3 is 2.86 bits per heavy atom. The minimum atomic E-state index is -0.0123. The number of amides is 1. The van der Waals surface area contributed by atoms with Gasteiger partial charge in [-0.1, -0.05) is 29.8 Å². The molecule has 4 aromatic rings. The van der Waals surface area contributed by atoms with E-state index in [0.29, 0.717) is 23.7 Å². The van der Waals surface area contributed by atoms with E-state index >= 15 is 0 Å². The minimum Gasteiger partial charge on any atom is -0.306 e. The van der Waals surface area contributed by atoms with E-state index in [1.165, 1.54) is 0 Å². The summed E-state index contributed by atoms with van der Waals surface area (Å²) in [6, 6.07) is 15.5. The van der Waals surface area contributed by atoms with Crippen molar-refractivity contribution in [2.75, 3.05) is 11.4 Å². The monoisotopic (exact) mass is 388 g/mol. The molecule has 0 saturated carbocycles. The van der Waals surface area contributed by atoms with Crippen LogP contribution in [0.1, 0.15) is 21.5 Å². The summed E-state index contributed by atoms with van der Waals surface area (Å²) in [7, 11) is 0. The molecule has 0 saturated heterocycles. The van der Waals surface area contributed by atoms with Gasteiger partial charge in [0.25, 0.3) is 5.91 Å². The van der Waals surface area contributed by atoms with Gasteiger partial charge in [0.05, 0.1) is 23.9 Å². The Morgan fingerprint density at radius 1 is 1.07 bits per heavy atom. The lowest BCUT2D eigenvalue weighted by atomic mass is 9.98. The number of hydrogen-bond donors (Lipinski definition) is 0. The molecule has 5 rings (SSSR count). The molecular weight excluding hydrogens is 372 g/mol. The molecule has 0 spiro atoms. The quantitative estimate of drug-likeness (QED) is 0.524. The third-order valence-electron chi connectivity index (χ3n) is 5.05. The molecule has 1 amide bonds. The van der Waals surface area contributed by atoms with Crippen LogP contribution in [0.3, 0.4) is 0 Å². The molecule has 1 aliphatic rings. The Hall–Kier alpha value is -3.18. The predicted octanol–water partition coefficient (Wildman–Crippen LogP) is 4.34. The van der Waals surface area contributed by atoms with Gasteiger partial charge in [-0.2, -0.15) is 5.10 Å². The number of aromatic nitrogens is 3. The summed E-state index contributed by atoms with van der Waals surface area (Å²) in [6.07, 6.45) is 6.35. The van der Waals surface area contributed by atoms with E-state index in [2.05, 4.69) is 10.1 Å². The number of anilines is 1. The topological polar surface area (TPSA) is 51.0 Å². The van der Waals surface area contributed by atoms with E-state index in [1.54, 1.807) is 23.2 Å². The summed E-state index contributed by atoms with van der Waals surface area (Å²) < 4.78 is 1.90. The van der Waals surface area contributed by atoms with Crippen molar-refractivity contribution >= 4 is 34.1 Å². The fourth-order valence-corrected chi connectivity index (χ4v) is 3.89. The van der Waals surface area contributed by atoms with Crippen molar-refractivity contribution in [2.24, 2.45) is 0 Å². The van der Waals surface area contributed by atoms with Gasteiger partial charge in [-0.05, 0) is 47.9 Å². The van der Waals surface area contributed by atoms with Crippen molar-refractivity contribution in [3.8, 4) is 0 Å². The number of fused-ring (bicyclic) bond motifs is 2. The zero-order chi connectivity index (χ0) is 19.1. The second-order valence-corrected chi connectivity index (χ2v) is 7.38. The number of halogens is 1. The molecule has 0 unspecified atom stereocenters. The van der Waals surface area contributed by atoms with Gasteiger partial charge in [-0.15, -0.1) is 0 Å². The fourth-order valence-electron chi connectivity index (χ4n) is 3.69. The van der Waals surface area contributed by atoms with E-state index < -0.39 is 0 Å². The van der Waals surface area contributed by atoms with Gasteiger partial charge in [0.1, 0.15) is 0 Å². The molecule has 0 bridgehead atoms. The SMILES string of the molecule is O=C1c2ccc(Cl)cc2CCN1c1cncc(Cn2cc3ccccc3n2)c1. The van der Waals surface area contributed by atoms with E-state index in [4.69, 9.17) is 11.6 Å². The van der Waals surface area contributed by atoms with Crippen LogP contribution in [-0.2, 0) is 13.0 Å². The number of hydrogen-bond acceptors (Lipinski definition) is 3. The first-order chi connectivity index (χ1) is 13.7. The first-order valence-corrected chi connectivity index (χ1v) is 9.51. The van der Waals surface area contributed by atoms with Crippen LogP contribution in [0.4, 0.5) is 5.69 Å². The average Bonchev–Trinajstić information content (AvgIpc) is 3.10. The Kier molecular flexibility index (Phi) is 4.10. The zero-order valence-electron chi connectivity index (χ0n) is 15.0. The van der Waals surface area contributed by atoms with Crippen molar-refractivity contribution in [1.29, 1.82) is 0 Å². The predicted molar refractivity (Wildman–Crippen MR) is 110 cm³/mol. The minimum absolute atomic E-state index is 0.0123. The van der Waals surface area contributed by atoms with E-state index in [1.807, 2.05) is 53.5 Å². The largest absolute Gasteiger partial charge is 0.306 e. The lowest BCUT2D eigenvalue weighted by molar-refractivity contribution is 0.0980. The smallest absolute Gasteiger partial charge is 0.258 e. The first-order valence-electron chi connectivity index (χ1n) is 9.14. The molecule has 0 radical (unpaired) electrons. The van der Waals surface area contributed by atoms with Gasteiger partial charge in [-0.3, -0.25) is 14.5 Å². The summed E-state index contributed by atoms with van der Waals surface area (Å²) >= 11 is 6.06. The maximum Gasteiger partial charge on any atom is 0.258 e. The van der Waals surface area contributed by atoms with Crippen molar-refractivity contribution in [3.63, 3.8) is 0 Å². The molecule has 2 aromatic heterocycles. The highest BCUT2D eigenvalue weighted by Crippen LogP contribution is 2.27. The van der Waals surface area contributed by atoms with Crippen LogP contribution in [0, 0.1) is 0 Å². The molecule has 0 fully saturated rings. The molecule has 6 heteroatoms. The molecule has 0 aliphatic carbocycles. The maximum atomic E-state index is 13.0. The van der Waals surface area contributed by atoms with E-state index in [9.17, 15) is 4.79 Å². The number of rotatable bonds is 3. The van der Waals surface area contributed by atoms with Crippen LogP contribution in [0.2, 0.25) is 5.02 Å². The van der Waals surface area contributed by atoms with Crippen LogP contribution in [-0.4, -0.2) is 27.2 Å². The summed E-state index contributed by atoms with van der Waals surface area (Å²) in [4.78, 5) is 19.1. The van der Waals surface area contributed by atoms with Gasteiger partial charge < -0.3 is 4.90 Å². The normalized spacial score (nSPS) is 13.8. The zero-order valence-corrected chi connectivity index (χ0v) is 15.8. The maximum absolute atomic E-state index is 13.0. The molecule has 3 heterocycles. The van der Waals surface area contributed by atoms with Gasteiger partial charge >= 0.3 is 0 Å². The number of benzene rings is 2. The summed E-state index contributed by atoms with van der Waals surface area (Å²) in [5.41, 5.74) is 4.48. The first kappa shape index (κ1) is 17.0. The Morgan fingerprint density at radius 2 is 1.96 bits per heavy atom. The molecule has 0 N–H and O–H groups in total. The van der Waals surface area contributed by atoms with Crippen molar-refractivity contribution in [2.45, 2.75) is 13.0 Å². The molecule has 138 valence electrons. The Labute approximate surface area is 167 Å². The standard InChI is InChI=1S/C22H17ClN4O/c23-18-5-6-20-16(10-18)7-8-27(22(20)28)19-9-15(11-24-12-19)13-26-14-17-3-1-2-4-21(17)25-26/h1-6,9-12,14H,7-8,13H2. The second kappa shape index (κ2) is 6.77. The molecular formula is C22H17ClN4O. The second-order valence-electron chi connectivity index (χ2n) is 6.95. The third kappa shape index (κ3) is 3.04. The average molecular weight is 389 g/mol. The highest BCUT2D eigenvalue weighted by Gasteiger charge is 2.25. The molecule has 28 heavy (non-hydrogen) atoms. The van der Waals surface area contributed by atoms with Gasteiger partial charge in [0, 0.05) is 34.9 Å². The van der Waals surface area contributed by atoms with Gasteiger partial charge in [0.2, 0.25) is 0 Å². The molecule has 1 aliphatic heterocycles. The highest BCUT2D eigenvalue weighted by molar-refractivity contribution is 6.30. The van der Waals surface area contributed by atoms with Gasteiger partial charge in [0.15, 0.2) is 0 Å². The van der Waals surface area contributed by atoms with Crippen molar-refractivity contribution in [3.05, 3.63) is 88.8 Å². The molecule has 2 aromatic carbocycles. The number of pyridine rings is 1. The van der Waals surface area contributed by atoms with Crippen LogP contribution < -0.4 is 4.90 Å². The molecule has 5 nitrogen and oxygen atoms in total. The highest BCUT2D eigenvalue weighted by atomic mass is 35.5. The lowest BCUT2D eigenvalue weighted by Crippen LogP contribution is -2.37. The van der Waals surface area contributed by atoms with Crippen LogP contribution in [0.5, 0.6) is 0 Å². The number of carbonyl (C=O) groups is 1. The number of nitrogens with zero attached hydrogens (tertiary/aromatic N) is 4. The summed E-state index contributed by atoms with van der Waals surface area (Å²) in [5.74, 6) is -0.0123. The van der Waals surface area contributed by atoms with Crippen LogP contribution >= 0.6 is 11.6 Å². The fraction of sp³-hybridized carbons (Fsp3) is 0.136. The van der Waals surface area contributed by atoms with Gasteiger partial charge in [-0.25, -0.2) is 0 Å². The summed E-state index contributed by atoms with van der Waals surface area (Å²) in [5, 5.41) is 6.37.